The summed E-state index contributed by atoms with van der Waals surface area (Å²) in [5.41, 5.74) is 2.54. The van der Waals surface area contributed by atoms with Crippen molar-refractivity contribution in [2.75, 3.05) is 13.2 Å². The van der Waals surface area contributed by atoms with Crippen LogP contribution in [-0.2, 0) is 21.2 Å². The molecule has 4 aromatic rings. The molecule has 0 saturated carbocycles. The maximum Gasteiger partial charge on any atom is 0.241 e. The number of hydrogen-bond donors (Lipinski definition) is 2. The summed E-state index contributed by atoms with van der Waals surface area (Å²) in [5.74, 6) is 0.0596. The van der Waals surface area contributed by atoms with Crippen LogP contribution in [0.4, 0.5) is 4.39 Å². The molecule has 0 aliphatic carbocycles. The van der Waals surface area contributed by atoms with Crippen LogP contribution in [0.25, 0.3) is 5.69 Å². The number of ether oxygens (including phenoxy) is 1. The predicted molar refractivity (Wildman–Crippen MR) is 152 cm³/mol. The van der Waals surface area contributed by atoms with Gasteiger partial charge in [-0.3, -0.25) is 4.57 Å². The summed E-state index contributed by atoms with van der Waals surface area (Å²) < 4.78 is 45.4. The standard InChI is InChI=1S/C27H26Cl2FN3O4S2/c1-27(2,18-4-9-21(28)22(29)14-18)25-15-32-26(33(25)20-7-5-19(30)6-8-20)38-16-17-3-10-23(37-12-11-34)24(13-17)39(31,35)36/h3-10,13-15,34H,11-12,16H2,1-2H3,(H2,31,35,36). The van der Waals surface area contributed by atoms with E-state index in [1.807, 2.05) is 30.5 Å². The van der Waals surface area contributed by atoms with Gasteiger partial charge in [-0.25, -0.2) is 22.9 Å². The number of aliphatic hydroxyl groups is 1. The largest absolute Gasteiger partial charge is 0.490 e. The third-order valence-corrected chi connectivity index (χ3v) is 8.82. The molecule has 0 atom stereocenters. The van der Waals surface area contributed by atoms with E-state index in [0.29, 0.717) is 32.2 Å². The molecule has 0 aliphatic rings. The third kappa shape index (κ3) is 6.59. The summed E-state index contributed by atoms with van der Waals surface area (Å²) in [6, 6.07) is 16.2. The van der Waals surface area contributed by atoms with E-state index in [-0.39, 0.29) is 29.7 Å². The minimum absolute atomic E-state index is 0.0664. The van der Waals surface area contributed by atoms with Crippen LogP contribution in [-0.4, -0.2) is 36.3 Å². The topological polar surface area (TPSA) is 107 Å². The molecule has 0 fully saturated rings. The van der Waals surface area contributed by atoms with Gasteiger partial charge in [-0.1, -0.05) is 60.9 Å². The zero-order valence-electron chi connectivity index (χ0n) is 21.1. The maximum atomic E-state index is 13.8. The Balaban J connectivity index is 1.73. The van der Waals surface area contributed by atoms with Gasteiger partial charge >= 0.3 is 0 Å². The van der Waals surface area contributed by atoms with Crippen molar-refractivity contribution in [2.45, 2.75) is 35.1 Å². The number of aliphatic hydroxyl groups excluding tert-OH is 1. The normalized spacial score (nSPS) is 12.1. The first-order valence-electron chi connectivity index (χ1n) is 11.7. The number of primary sulfonamides is 1. The van der Waals surface area contributed by atoms with Gasteiger partial charge < -0.3 is 9.84 Å². The van der Waals surface area contributed by atoms with E-state index in [2.05, 4.69) is 4.98 Å². The van der Waals surface area contributed by atoms with E-state index >= 15 is 0 Å². The van der Waals surface area contributed by atoms with Crippen LogP contribution < -0.4 is 9.88 Å². The highest BCUT2D eigenvalue weighted by atomic mass is 35.5. The Bertz CT molecular complexity index is 1590. The van der Waals surface area contributed by atoms with Gasteiger partial charge in [-0.15, -0.1) is 0 Å². The number of halogens is 3. The predicted octanol–water partition coefficient (Wildman–Crippen LogP) is 5.95. The van der Waals surface area contributed by atoms with Crippen molar-refractivity contribution in [1.82, 2.24) is 9.55 Å². The van der Waals surface area contributed by atoms with E-state index in [1.165, 1.54) is 36.0 Å². The highest BCUT2D eigenvalue weighted by Crippen LogP contribution is 2.39. The van der Waals surface area contributed by atoms with Crippen molar-refractivity contribution >= 4 is 45.0 Å². The summed E-state index contributed by atoms with van der Waals surface area (Å²) in [4.78, 5) is 4.50. The van der Waals surface area contributed by atoms with Crippen molar-refractivity contribution in [2.24, 2.45) is 5.14 Å². The molecule has 0 radical (unpaired) electrons. The first-order valence-corrected chi connectivity index (χ1v) is 15.0. The molecule has 1 heterocycles. The lowest BCUT2D eigenvalue weighted by Crippen LogP contribution is -2.23. The zero-order valence-corrected chi connectivity index (χ0v) is 24.2. The molecular formula is C27H26Cl2FN3O4S2. The fourth-order valence-electron chi connectivity index (χ4n) is 4.04. The quantitative estimate of drug-likeness (QED) is 0.215. The van der Waals surface area contributed by atoms with E-state index in [9.17, 15) is 12.8 Å². The smallest absolute Gasteiger partial charge is 0.241 e. The number of sulfonamides is 1. The Morgan fingerprint density at radius 1 is 1.08 bits per heavy atom. The van der Waals surface area contributed by atoms with Crippen molar-refractivity contribution in [3.63, 3.8) is 0 Å². The molecule has 0 unspecified atom stereocenters. The Morgan fingerprint density at radius 3 is 2.44 bits per heavy atom. The lowest BCUT2D eigenvalue weighted by molar-refractivity contribution is 0.198. The Labute approximate surface area is 240 Å². The summed E-state index contributed by atoms with van der Waals surface area (Å²) in [6.07, 6.45) is 1.76. The van der Waals surface area contributed by atoms with Crippen molar-refractivity contribution < 1.29 is 22.7 Å². The second-order valence-corrected chi connectivity index (χ2v) is 12.5. The van der Waals surface area contributed by atoms with E-state index in [0.717, 1.165) is 11.3 Å². The molecule has 0 spiro atoms. The van der Waals surface area contributed by atoms with Gasteiger partial charge in [0.1, 0.15) is 23.1 Å². The fraction of sp³-hybridized carbons (Fsp3) is 0.222. The summed E-state index contributed by atoms with van der Waals surface area (Å²) in [7, 11) is -4.07. The molecule has 4 rings (SSSR count). The summed E-state index contributed by atoms with van der Waals surface area (Å²) in [6.45, 7) is 3.72. The van der Waals surface area contributed by atoms with Gasteiger partial charge in [0.25, 0.3) is 0 Å². The van der Waals surface area contributed by atoms with Gasteiger partial charge in [0.15, 0.2) is 5.16 Å². The molecule has 7 nitrogen and oxygen atoms in total. The first-order chi connectivity index (χ1) is 18.4. The highest BCUT2D eigenvalue weighted by Gasteiger charge is 2.30. The molecule has 39 heavy (non-hydrogen) atoms. The van der Waals surface area contributed by atoms with Gasteiger partial charge in [-0.2, -0.15) is 0 Å². The zero-order chi connectivity index (χ0) is 28.4. The number of benzene rings is 3. The number of nitrogens with two attached hydrogens (primary N) is 1. The fourth-order valence-corrected chi connectivity index (χ4v) is 5.99. The summed E-state index contributed by atoms with van der Waals surface area (Å²) >= 11 is 13.8. The molecular weight excluding hydrogens is 584 g/mol. The van der Waals surface area contributed by atoms with Crippen molar-refractivity contribution in [3.8, 4) is 11.4 Å². The number of nitrogens with zero attached hydrogens (tertiary/aromatic N) is 2. The maximum absolute atomic E-state index is 13.8. The molecule has 206 valence electrons. The van der Waals surface area contributed by atoms with E-state index in [4.69, 9.17) is 38.2 Å². The van der Waals surface area contributed by atoms with Crippen molar-refractivity contribution in [3.05, 3.63) is 99.5 Å². The van der Waals surface area contributed by atoms with Crippen LogP contribution in [0.3, 0.4) is 0 Å². The van der Waals surface area contributed by atoms with Crippen LogP contribution in [0, 0.1) is 5.82 Å². The number of imidazole rings is 1. The average Bonchev–Trinajstić information content (AvgIpc) is 3.32. The molecule has 12 heteroatoms. The lowest BCUT2D eigenvalue weighted by atomic mass is 9.81. The Morgan fingerprint density at radius 2 is 1.79 bits per heavy atom. The van der Waals surface area contributed by atoms with Crippen LogP contribution >= 0.6 is 35.0 Å². The lowest BCUT2D eigenvalue weighted by Gasteiger charge is -2.28. The van der Waals surface area contributed by atoms with Crippen LogP contribution in [0.2, 0.25) is 10.0 Å². The van der Waals surface area contributed by atoms with E-state index < -0.39 is 15.4 Å². The minimum Gasteiger partial charge on any atom is -0.490 e. The third-order valence-electron chi connectivity index (χ3n) is 6.13. The minimum atomic E-state index is -4.07. The Hall–Kier alpha value is -2.60. The number of thioether (sulfide) groups is 1. The van der Waals surface area contributed by atoms with Gasteiger partial charge in [0.2, 0.25) is 10.0 Å². The SMILES string of the molecule is CC(C)(c1ccc(Cl)c(Cl)c1)c1cnc(SCc2ccc(OCCO)c(S(N)(=O)=O)c2)n1-c1ccc(F)cc1. The number of hydrogen-bond acceptors (Lipinski definition) is 6. The highest BCUT2D eigenvalue weighted by molar-refractivity contribution is 7.98. The molecule has 3 aromatic carbocycles. The van der Waals surface area contributed by atoms with Crippen LogP contribution in [0.1, 0.15) is 30.7 Å². The first kappa shape index (κ1) is 29.4. The van der Waals surface area contributed by atoms with Gasteiger partial charge in [-0.05, 0) is 59.7 Å². The number of rotatable bonds is 10. The van der Waals surface area contributed by atoms with E-state index in [1.54, 1.807) is 30.5 Å². The van der Waals surface area contributed by atoms with Crippen molar-refractivity contribution in [1.29, 1.82) is 0 Å². The second kappa shape index (κ2) is 11.9. The van der Waals surface area contributed by atoms with Crippen LogP contribution in [0.5, 0.6) is 5.75 Å². The van der Waals surface area contributed by atoms with Gasteiger partial charge in [0.05, 0.1) is 28.5 Å². The second-order valence-electron chi connectivity index (χ2n) is 9.18. The molecule has 0 saturated heterocycles. The molecule has 0 aliphatic heterocycles. The molecule has 0 amide bonds. The number of aromatic nitrogens is 2. The molecule has 3 N–H and O–H groups in total. The van der Waals surface area contributed by atoms with Crippen LogP contribution in [0.15, 0.2) is 76.9 Å². The van der Waals surface area contributed by atoms with Gasteiger partial charge in [0, 0.05) is 16.9 Å². The molecule has 0 bridgehead atoms. The average molecular weight is 611 g/mol. The monoisotopic (exact) mass is 609 g/mol. The molecule has 1 aromatic heterocycles. The summed E-state index contributed by atoms with van der Waals surface area (Å²) in [5, 5.41) is 15.9. The Kier molecular flexibility index (Phi) is 8.95.